The smallest absolute Gasteiger partial charge is 0.276 e. The molecule has 100 valence electrons. The van der Waals surface area contributed by atoms with Gasteiger partial charge in [-0.1, -0.05) is 17.8 Å². The highest BCUT2D eigenvalue weighted by atomic mass is 32.2. The standard InChI is InChI=1S/C11H11N3O3S2/c1-18-5-6-19-11-13-12-10(17-11)8-3-2-4-9(7-8)14(15)16/h2-4,7H,5-6H2,1H3. The molecule has 0 radical (unpaired) electrons. The molecule has 2 rings (SSSR count). The van der Waals surface area contributed by atoms with E-state index in [1.54, 1.807) is 23.9 Å². The molecule has 19 heavy (non-hydrogen) atoms. The first-order valence-corrected chi connectivity index (χ1v) is 7.78. The van der Waals surface area contributed by atoms with E-state index in [-0.39, 0.29) is 5.69 Å². The van der Waals surface area contributed by atoms with E-state index in [1.165, 1.54) is 23.9 Å². The highest BCUT2D eigenvalue weighted by molar-refractivity contribution is 8.02. The van der Waals surface area contributed by atoms with Gasteiger partial charge in [0.05, 0.1) is 4.92 Å². The van der Waals surface area contributed by atoms with Gasteiger partial charge in [0.15, 0.2) is 0 Å². The molecular formula is C11H11N3O3S2. The van der Waals surface area contributed by atoms with Gasteiger partial charge in [-0.3, -0.25) is 10.1 Å². The van der Waals surface area contributed by atoms with Crippen LogP contribution in [0.4, 0.5) is 5.69 Å². The number of nitro benzene ring substituents is 1. The number of hydrogen-bond acceptors (Lipinski definition) is 7. The molecule has 0 aliphatic rings. The minimum atomic E-state index is -0.450. The van der Waals surface area contributed by atoms with Crippen molar-refractivity contribution in [1.82, 2.24) is 10.2 Å². The molecule has 2 aromatic rings. The van der Waals surface area contributed by atoms with E-state index in [9.17, 15) is 10.1 Å². The van der Waals surface area contributed by atoms with Crippen LogP contribution in [0.2, 0.25) is 0 Å². The Morgan fingerprint density at radius 3 is 2.95 bits per heavy atom. The fourth-order valence-corrected chi connectivity index (χ4v) is 2.76. The zero-order chi connectivity index (χ0) is 13.7. The quantitative estimate of drug-likeness (QED) is 0.350. The molecule has 8 heteroatoms. The number of benzene rings is 1. The van der Waals surface area contributed by atoms with Crippen molar-refractivity contribution in [2.75, 3.05) is 17.8 Å². The second-order valence-electron chi connectivity index (χ2n) is 3.52. The number of nitrogens with zero attached hydrogens (tertiary/aromatic N) is 3. The van der Waals surface area contributed by atoms with Gasteiger partial charge in [0.1, 0.15) is 0 Å². The molecule has 0 spiro atoms. The molecule has 6 nitrogen and oxygen atoms in total. The summed E-state index contributed by atoms with van der Waals surface area (Å²) in [6.45, 7) is 0. The van der Waals surface area contributed by atoms with Gasteiger partial charge in [-0.15, -0.1) is 10.2 Å². The van der Waals surface area contributed by atoms with Crippen LogP contribution in [0, 0.1) is 10.1 Å². The maximum absolute atomic E-state index is 10.7. The van der Waals surface area contributed by atoms with Gasteiger partial charge in [-0.2, -0.15) is 11.8 Å². The normalized spacial score (nSPS) is 10.6. The lowest BCUT2D eigenvalue weighted by Crippen LogP contribution is -1.88. The summed E-state index contributed by atoms with van der Waals surface area (Å²) in [6, 6.07) is 6.15. The van der Waals surface area contributed by atoms with E-state index < -0.39 is 4.92 Å². The third-order valence-electron chi connectivity index (χ3n) is 2.22. The largest absolute Gasteiger partial charge is 0.411 e. The molecule has 0 saturated heterocycles. The van der Waals surface area contributed by atoms with Gasteiger partial charge in [-0.25, -0.2) is 0 Å². The van der Waals surface area contributed by atoms with Crippen LogP contribution in [0.3, 0.4) is 0 Å². The molecule has 1 aromatic heterocycles. The van der Waals surface area contributed by atoms with E-state index in [0.29, 0.717) is 16.7 Å². The van der Waals surface area contributed by atoms with Crippen molar-refractivity contribution in [3.63, 3.8) is 0 Å². The topological polar surface area (TPSA) is 82.1 Å². The molecule has 0 N–H and O–H groups in total. The zero-order valence-corrected chi connectivity index (χ0v) is 11.7. The SMILES string of the molecule is CSCCSc1nnc(-c2cccc([N+](=O)[O-])c2)o1. The van der Waals surface area contributed by atoms with Crippen molar-refractivity contribution in [3.8, 4) is 11.5 Å². The Morgan fingerprint density at radius 2 is 2.21 bits per heavy atom. The fourth-order valence-electron chi connectivity index (χ4n) is 1.35. The van der Waals surface area contributed by atoms with Crippen LogP contribution < -0.4 is 0 Å². The van der Waals surface area contributed by atoms with Crippen molar-refractivity contribution in [2.45, 2.75) is 5.22 Å². The summed E-state index contributed by atoms with van der Waals surface area (Å²) in [5.41, 5.74) is 0.561. The third kappa shape index (κ3) is 3.71. The fraction of sp³-hybridized carbons (Fsp3) is 0.273. The molecule has 1 aromatic carbocycles. The van der Waals surface area contributed by atoms with Gasteiger partial charge in [0.2, 0.25) is 5.89 Å². The minimum absolute atomic E-state index is 0.00675. The van der Waals surface area contributed by atoms with E-state index in [4.69, 9.17) is 4.42 Å². The molecule has 0 bridgehead atoms. The molecule has 0 saturated carbocycles. The Kier molecular flexibility index (Phi) is 4.80. The average Bonchev–Trinajstić information content (AvgIpc) is 2.88. The molecule has 1 heterocycles. The van der Waals surface area contributed by atoms with Crippen molar-refractivity contribution in [2.24, 2.45) is 0 Å². The van der Waals surface area contributed by atoms with Gasteiger partial charge >= 0.3 is 0 Å². The van der Waals surface area contributed by atoms with Crippen LogP contribution in [-0.4, -0.2) is 32.9 Å². The predicted octanol–water partition coefficient (Wildman–Crippen LogP) is 3.10. The molecule has 0 aliphatic carbocycles. The summed E-state index contributed by atoms with van der Waals surface area (Å²) < 4.78 is 5.46. The minimum Gasteiger partial charge on any atom is -0.411 e. The van der Waals surface area contributed by atoms with Crippen LogP contribution in [0.25, 0.3) is 11.5 Å². The van der Waals surface area contributed by atoms with Crippen molar-refractivity contribution in [1.29, 1.82) is 0 Å². The molecule has 0 aliphatic heterocycles. The first kappa shape index (κ1) is 13.9. The number of thioether (sulfide) groups is 2. The first-order valence-electron chi connectivity index (χ1n) is 5.41. The lowest BCUT2D eigenvalue weighted by atomic mass is 10.2. The number of rotatable bonds is 6. The molecular weight excluding hydrogens is 286 g/mol. The Hall–Kier alpha value is -1.54. The third-order valence-corrected chi connectivity index (χ3v) is 3.91. The van der Waals surface area contributed by atoms with Crippen LogP contribution in [-0.2, 0) is 0 Å². The van der Waals surface area contributed by atoms with Crippen molar-refractivity contribution in [3.05, 3.63) is 34.4 Å². The summed E-state index contributed by atoms with van der Waals surface area (Å²) in [4.78, 5) is 10.2. The van der Waals surface area contributed by atoms with Crippen LogP contribution in [0.5, 0.6) is 0 Å². The number of hydrogen-bond donors (Lipinski definition) is 0. The van der Waals surface area contributed by atoms with E-state index >= 15 is 0 Å². The average molecular weight is 297 g/mol. The van der Waals surface area contributed by atoms with Crippen molar-refractivity contribution < 1.29 is 9.34 Å². The van der Waals surface area contributed by atoms with Gasteiger partial charge < -0.3 is 4.42 Å². The second-order valence-corrected chi connectivity index (χ2v) is 5.55. The summed E-state index contributed by atoms with van der Waals surface area (Å²) in [5, 5.41) is 19.0. The summed E-state index contributed by atoms with van der Waals surface area (Å²) in [6.07, 6.45) is 2.03. The molecule has 0 fully saturated rings. The van der Waals surface area contributed by atoms with Crippen LogP contribution in [0.1, 0.15) is 0 Å². The molecule has 0 unspecified atom stereocenters. The van der Waals surface area contributed by atoms with Crippen molar-refractivity contribution >= 4 is 29.2 Å². The maximum Gasteiger partial charge on any atom is 0.276 e. The number of non-ortho nitro benzene ring substituents is 1. The Labute approximate surface area is 118 Å². The van der Waals surface area contributed by atoms with E-state index in [1.807, 2.05) is 6.26 Å². The second kappa shape index (κ2) is 6.58. The zero-order valence-electron chi connectivity index (χ0n) is 10.1. The number of aromatic nitrogens is 2. The molecule has 0 atom stereocenters. The lowest BCUT2D eigenvalue weighted by Gasteiger charge is -1.95. The summed E-state index contributed by atoms with van der Waals surface area (Å²) in [5.74, 6) is 2.19. The maximum atomic E-state index is 10.7. The first-order chi connectivity index (χ1) is 9.20. The lowest BCUT2D eigenvalue weighted by molar-refractivity contribution is -0.384. The Bertz CT molecular complexity index is 574. The van der Waals surface area contributed by atoms with Crippen LogP contribution >= 0.6 is 23.5 Å². The van der Waals surface area contributed by atoms with Gasteiger partial charge in [0, 0.05) is 29.2 Å². The van der Waals surface area contributed by atoms with Gasteiger partial charge in [0.25, 0.3) is 10.9 Å². The Balaban J connectivity index is 2.13. The van der Waals surface area contributed by atoms with E-state index in [2.05, 4.69) is 10.2 Å². The highest BCUT2D eigenvalue weighted by Gasteiger charge is 2.12. The summed E-state index contributed by atoms with van der Waals surface area (Å²) >= 11 is 3.22. The highest BCUT2D eigenvalue weighted by Crippen LogP contribution is 2.25. The monoisotopic (exact) mass is 297 g/mol. The van der Waals surface area contributed by atoms with Gasteiger partial charge in [-0.05, 0) is 12.3 Å². The predicted molar refractivity (Wildman–Crippen MR) is 75.5 cm³/mol. The van der Waals surface area contributed by atoms with E-state index in [0.717, 1.165) is 11.5 Å². The molecule has 0 amide bonds. The Morgan fingerprint density at radius 1 is 1.37 bits per heavy atom. The van der Waals surface area contributed by atoms with Crippen LogP contribution in [0.15, 0.2) is 33.9 Å². The summed E-state index contributed by atoms with van der Waals surface area (Å²) in [7, 11) is 0. The number of nitro groups is 1.